The first-order chi connectivity index (χ1) is 10.3. The highest BCUT2D eigenvalue weighted by atomic mass is 16.6. The number of hydrogen-bond donors (Lipinski definition) is 0. The fourth-order valence-electron chi connectivity index (χ4n) is 2.44. The molecule has 3 rings (SSSR count). The van der Waals surface area contributed by atoms with Crippen LogP contribution in [0.1, 0.15) is 12.7 Å². The highest BCUT2D eigenvalue weighted by Gasteiger charge is 2.19. The largest absolute Gasteiger partial charge is 0.465 e. The number of rotatable bonds is 5. The first kappa shape index (κ1) is 13.9. The van der Waals surface area contributed by atoms with E-state index in [4.69, 9.17) is 9.15 Å². The van der Waals surface area contributed by atoms with E-state index in [1.807, 2.05) is 25.1 Å². The van der Waals surface area contributed by atoms with Crippen LogP contribution in [-0.2, 0) is 6.54 Å². The van der Waals surface area contributed by atoms with Crippen LogP contribution in [0.5, 0.6) is 5.95 Å². The summed E-state index contributed by atoms with van der Waals surface area (Å²) < 4.78 is 11.0. The van der Waals surface area contributed by atoms with Crippen molar-refractivity contribution in [2.24, 2.45) is 0 Å². The lowest BCUT2D eigenvalue weighted by atomic mass is 10.3. The van der Waals surface area contributed by atoms with Gasteiger partial charge in [0.25, 0.3) is 5.95 Å². The maximum Gasteiger partial charge on any atom is 0.284 e. The molecule has 0 bridgehead atoms. The predicted molar refractivity (Wildman–Crippen MR) is 79.4 cm³/mol. The highest BCUT2D eigenvalue weighted by molar-refractivity contribution is 5.29. The van der Waals surface area contributed by atoms with Crippen LogP contribution < -0.4 is 9.64 Å². The summed E-state index contributed by atoms with van der Waals surface area (Å²) in [6.07, 6.45) is 3.57. The first-order valence-electron chi connectivity index (χ1n) is 7.31. The zero-order valence-corrected chi connectivity index (χ0v) is 12.2. The molecule has 0 amide bonds. The van der Waals surface area contributed by atoms with Crippen molar-refractivity contribution in [3.05, 3.63) is 36.4 Å². The van der Waals surface area contributed by atoms with Crippen LogP contribution in [0.25, 0.3) is 0 Å². The van der Waals surface area contributed by atoms with Gasteiger partial charge in [-0.2, -0.15) is 0 Å². The van der Waals surface area contributed by atoms with Crippen LogP contribution >= 0.6 is 0 Å². The van der Waals surface area contributed by atoms with E-state index in [0.29, 0.717) is 12.6 Å². The van der Waals surface area contributed by atoms with Crippen molar-refractivity contribution >= 4 is 5.95 Å². The van der Waals surface area contributed by atoms with Crippen molar-refractivity contribution in [2.75, 3.05) is 37.7 Å². The molecule has 1 aliphatic rings. The van der Waals surface area contributed by atoms with E-state index in [1.54, 1.807) is 12.4 Å². The van der Waals surface area contributed by atoms with Crippen molar-refractivity contribution in [1.82, 2.24) is 14.9 Å². The number of anilines is 1. The van der Waals surface area contributed by atoms with Gasteiger partial charge in [0.2, 0.25) is 5.95 Å². The summed E-state index contributed by atoms with van der Waals surface area (Å²) in [6, 6.07) is 5.71. The van der Waals surface area contributed by atoms with E-state index in [1.165, 1.54) is 0 Å². The molecule has 3 heterocycles. The molecular formula is C15H20N4O2. The van der Waals surface area contributed by atoms with Crippen molar-refractivity contribution < 1.29 is 9.15 Å². The zero-order valence-electron chi connectivity index (χ0n) is 12.2. The van der Waals surface area contributed by atoms with E-state index >= 15 is 0 Å². The van der Waals surface area contributed by atoms with Crippen molar-refractivity contribution in [3.8, 4) is 5.95 Å². The van der Waals surface area contributed by atoms with E-state index in [9.17, 15) is 0 Å². The molecule has 6 heteroatoms. The van der Waals surface area contributed by atoms with Crippen LogP contribution in [-0.4, -0.2) is 47.7 Å². The lowest BCUT2D eigenvalue weighted by Gasteiger charge is -2.34. The minimum Gasteiger partial charge on any atom is -0.465 e. The van der Waals surface area contributed by atoms with Gasteiger partial charge in [0, 0.05) is 44.6 Å². The lowest BCUT2D eigenvalue weighted by Crippen LogP contribution is -2.46. The van der Waals surface area contributed by atoms with Crippen LogP contribution in [0.2, 0.25) is 0 Å². The summed E-state index contributed by atoms with van der Waals surface area (Å²) in [4.78, 5) is 13.2. The summed E-state index contributed by atoms with van der Waals surface area (Å²) in [6.45, 7) is 7.21. The Morgan fingerprint density at radius 2 is 1.90 bits per heavy atom. The average molecular weight is 288 g/mol. The number of hydrogen-bond acceptors (Lipinski definition) is 6. The van der Waals surface area contributed by atoms with Gasteiger partial charge in [0.1, 0.15) is 5.76 Å². The molecule has 0 radical (unpaired) electrons. The lowest BCUT2D eigenvalue weighted by molar-refractivity contribution is 0.207. The molecule has 0 unspecified atom stereocenters. The van der Waals surface area contributed by atoms with Gasteiger partial charge >= 0.3 is 0 Å². The minimum absolute atomic E-state index is 0.601. The Labute approximate surface area is 124 Å². The Morgan fingerprint density at radius 1 is 1.14 bits per heavy atom. The molecule has 0 aliphatic carbocycles. The molecule has 0 saturated carbocycles. The molecule has 2 aromatic heterocycles. The van der Waals surface area contributed by atoms with Crippen LogP contribution in [0, 0.1) is 0 Å². The third-order valence-corrected chi connectivity index (χ3v) is 3.51. The van der Waals surface area contributed by atoms with Gasteiger partial charge in [0.05, 0.1) is 13.2 Å². The molecule has 0 aromatic carbocycles. The van der Waals surface area contributed by atoms with Crippen molar-refractivity contribution in [1.29, 1.82) is 0 Å². The summed E-state index contributed by atoms with van der Waals surface area (Å²) in [7, 11) is 0. The molecule has 21 heavy (non-hydrogen) atoms. The second kappa shape index (κ2) is 6.58. The predicted octanol–water partition coefficient (Wildman–Crippen LogP) is 1.79. The Kier molecular flexibility index (Phi) is 4.35. The third-order valence-electron chi connectivity index (χ3n) is 3.51. The second-order valence-electron chi connectivity index (χ2n) is 4.97. The van der Waals surface area contributed by atoms with Gasteiger partial charge in [-0.3, -0.25) is 4.90 Å². The van der Waals surface area contributed by atoms with Crippen molar-refractivity contribution in [3.63, 3.8) is 0 Å². The average Bonchev–Trinajstić information content (AvgIpc) is 2.97. The maximum atomic E-state index is 5.64. The normalized spacial score (nSPS) is 16.1. The van der Waals surface area contributed by atoms with Gasteiger partial charge in [-0.15, -0.1) is 0 Å². The highest BCUT2D eigenvalue weighted by Crippen LogP contribution is 2.18. The fraction of sp³-hybridized carbons (Fsp3) is 0.467. The Hall–Kier alpha value is -2.08. The van der Waals surface area contributed by atoms with Crippen LogP contribution in [0.4, 0.5) is 5.95 Å². The van der Waals surface area contributed by atoms with E-state index in [2.05, 4.69) is 19.8 Å². The van der Waals surface area contributed by atoms with E-state index < -0.39 is 0 Å². The molecule has 1 saturated heterocycles. The Balaban J connectivity index is 1.51. The molecule has 0 spiro atoms. The number of furan rings is 1. The quantitative estimate of drug-likeness (QED) is 0.836. The molecule has 1 aliphatic heterocycles. The first-order valence-corrected chi connectivity index (χ1v) is 7.31. The second-order valence-corrected chi connectivity index (χ2v) is 4.97. The Morgan fingerprint density at radius 3 is 2.62 bits per heavy atom. The molecule has 0 N–H and O–H groups in total. The van der Waals surface area contributed by atoms with E-state index in [0.717, 1.165) is 44.4 Å². The number of piperazine rings is 1. The fourth-order valence-corrected chi connectivity index (χ4v) is 2.44. The minimum atomic E-state index is 0.601. The van der Waals surface area contributed by atoms with Crippen molar-refractivity contribution in [2.45, 2.75) is 13.5 Å². The van der Waals surface area contributed by atoms with Gasteiger partial charge in [-0.1, -0.05) is 0 Å². The molecule has 6 nitrogen and oxygen atoms in total. The monoisotopic (exact) mass is 288 g/mol. The summed E-state index contributed by atoms with van der Waals surface area (Å²) in [5, 5.41) is 0. The molecule has 2 aromatic rings. The molecule has 0 atom stereocenters. The number of nitrogens with zero attached hydrogens (tertiary/aromatic N) is 4. The molecule has 112 valence electrons. The molecule has 1 fully saturated rings. The standard InChI is InChI=1S/C15H20N4O2/c1-2-20-14-5-4-13(21-14)12-18-8-10-19(11-9-18)15-16-6-3-7-17-15/h3-7H,2,8-12H2,1H3. The van der Waals surface area contributed by atoms with Gasteiger partial charge in [0.15, 0.2) is 0 Å². The van der Waals surface area contributed by atoms with Crippen LogP contribution in [0.15, 0.2) is 35.0 Å². The Bertz CT molecular complexity index is 550. The van der Waals surface area contributed by atoms with Crippen LogP contribution in [0.3, 0.4) is 0 Å². The number of aromatic nitrogens is 2. The zero-order chi connectivity index (χ0) is 14.5. The summed E-state index contributed by atoms with van der Waals surface area (Å²) >= 11 is 0. The smallest absolute Gasteiger partial charge is 0.284 e. The van der Waals surface area contributed by atoms with Gasteiger partial charge in [-0.05, 0) is 19.1 Å². The third kappa shape index (κ3) is 3.52. The topological polar surface area (TPSA) is 54.6 Å². The SMILES string of the molecule is CCOc1ccc(CN2CCN(c3ncccn3)CC2)o1. The van der Waals surface area contributed by atoms with E-state index in [-0.39, 0.29) is 0 Å². The summed E-state index contributed by atoms with van der Waals surface area (Å²) in [5.74, 6) is 2.36. The van der Waals surface area contributed by atoms with Gasteiger partial charge < -0.3 is 14.1 Å². The molecular weight excluding hydrogens is 268 g/mol. The summed E-state index contributed by atoms with van der Waals surface area (Å²) in [5.41, 5.74) is 0. The number of ether oxygens (including phenoxy) is 1. The van der Waals surface area contributed by atoms with Gasteiger partial charge in [-0.25, -0.2) is 9.97 Å². The maximum absolute atomic E-state index is 5.64.